The first-order valence-electron chi connectivity index (χ1n) is 5.64. The molecule has 0 aliphatic carbocycles. The maximum atomic E-state index is 5.90. The van der Waals surface area contributed by atoms with Crippen LogP contribution in [0.25, 0.3) is 10.9 Å². The molecule has 16 heavy (non-hydrogen) atoms. The second kappa shape index (κ2) is 3.90. The van der Waals surface area contributed by atoms with Gasteiger partial charge >= 0.3 is 0 Å². The van der Waals surface area contributed by atoms with E-state index in [0.717, 1.165) is 36.8 Å². The molecule has 2 radical (unpaired) electrons. The maximum absolute atomic E-state index is 5.90. The van der Waals surface area contributed by atoms with Crippen molar-refractivity contribution in [1.82, 2.24) is 20.1 Å². The minimum atomic E-state index is 0.462. The van der Waals surface area contributed by atoms with Gasteiger partial charge in [-0.1, -0.05) is 0 Å². The molecule has 1 aliphatic rings. The Bertz CT molecular complexity index is 502. The third-order valence-electron chi connectivity index (χ3n) is 3.19. The number of hydrogen-bond donors (Lipinski definition) is 1. The summed E-state index contributed by atoms with van der Waals surface area (Å²) in [6.07, 6.45) is 5.80. The Kier molecular flexibility index (Phi) is 2.40. The van der Waals surface area contributed by atoms with Gasteiger partial charge in [-0.15, -0.1) is 0 Å². The summed E-state index contributed by atoms with van der Waals surface area (Å²) in [5, 5.41) is 8.75. The molecule has 1 saturated heterocycles. The van der Waals surface area contributed by atoms with Gasteiger partial charge in [0.05, 0.1) is 11.6 Å². The van der Waals surface area contributed by atoms with Crippen LogP contribution in [0.2, 0.25) is 0 Å². The van der Waals surface area contributed by atoms with Gasteiger partial charge in [0.15, 0.2) is 0 Å². The summed E-state index contributed by atoms with van der Waals surface area (Å²) in [7, 11) is 5.90. The van der Waals surface area contributed by atoms with Crippen LogP contribution >= 0.6 is 0 Å². The zero-order valence-electron chi connectivity index (χ0n) is 9.06. The van der Waals surface area contributed by atoms with Crippen LogP contribution in [0.15, 0.2) is 18.5 Å². The summed E-state index contributed by atoms with van der Waals surface area (Å²) < 4.78 is 2.06. The lowest BCUT2D eigenvalue weighted by Gasteiger charge is -2.23. The van der Waals surface area contributed by atoms with E-state index in [4.69, 9.17) is 7.85 Å². The smallest absolute Gasteiger partial charge is 0.145 e. The fraction of sp³-hybridized carbons (Fsp3) is 0.455. The molecule has 1 aliphatic heterocycles. The molecule has 3 rings (SSSR count). The fourth-order valence-corrected chi connectivity index (χ4v) is 2.34. The summed E-state index contributed by atoms with van der Waals surface area (Å²) in [4.78, 5) is 4.09. The molecule has 4 nitrogen and oxygen atoms in total. The van der Waals surface area contributed by atoms with Crippen LogP contribution in [0.3, 0.4) is 0 Å². The minimum Gasteiger partial charge on any atom is -0.317 e. The summed E-state index contributed by atoms with van der Waals surface area (Å²) in [6.45, 7) is 2.11. The van der Waals surface area contributed by atoms with Crippen molar-refractivity contribution in [3.8, 4) is 0 Å². The molecule has 0 unspecified atom stereocenters. The first kappa shape index (κ1) is 9.84. The quantitative estimate of drug-likeness (QED) is 0.684. The van der Waals surface area contributed by atoms with Crippen molar-refractivity contribution in [3.63, 3.8) is 0 Å². The Morgan fingerprint density at radius 1 is 1.38 bits per heavy atom. The zero-order chi connectivity index (χ0) is 11.0. The number of nitrogens with one attached hydrogen (secondary N) is 1. The predicted octanol–water partition coefficient (Wildman–Crippen LogP) is 0.150. The largest absolute Gasteiger partial charge is 0.317 e. The molecule has 1 fully saturated rings. The van der Waals surface area contributed by atoms with Gasteiger partial charge in [0.25, 0.3) is 0 Å². The van der Waals surface area contributed by atoms with Crippen LogP contribution in [0.1, 0.15) is 18.9 Å². The molecular weight excluding hydrogens is 199 g/mol. The molecule has 2 aromatic rings. The summed E-state index contributed by atoms with van der Waals surface area (Å²) in [6, 6.07) is 2.45. The highest BCUT2D eigenvalue weighted by Gasteiger charge is 2.18. The molecule has 3 heterocycles. The third kappa shape index (κ3) is 1.51. The summed E-state index contributed by atoms with van der Waals surface area (Å²) in [5.41, 5.74) is 1.68. The van der Waals surface area contributed by atoms with E-state index in [0.29, 0.717) is 11.6 Å². The van der Waals surface area contributed by atoms with Crippen LogP contribution < -0.4 is 10.9 Å². The molecule has 0 bridgehead atoms. The van der Waals surface area contributed by atoms with Crippen LogP contribution in [-0.2, 0) is 0 Å². The lowest BCUT2D eigenvalue weighted by molar-refractivity contribution is 0.352. The SMILES string of the molecule is [B]c1nn(C2CCNCC2)c2ccncc12. The van der Waals surface area contributed by atoms with Crippen molar-refractivity contribution in [2.45, 2.75) is 18.9 Å². The molecule has 0 aromatic carbocycles. The number of pyridine rings is 1. The van der Waals surface area contributed by atoms with Gasteiger partial charge in [-0.05, 0) is 32.0 Å². The van der Waals surface area contributed by atoms with Crippen molar-refractivity contribution in [2.24, 2.45) is 0 Å². The van der Waals surface area contributed by atoms with Crippen molar-refractivity contribution >= 4 is 24.3 Å². The lowest BCUT2D eigenvalue weighted by Crippen LogP contribution is -2.30. The van der Waals surface area contributed by atoms with E-state index in [9.17, 15) is 0 Å². The number of nitrogens with zero attached hydrogens (tertiary/aromatic N) is 3. The Morgan fingerprint density at radius 3 is 3.00 bits per heavy atom. The first-order valence-corrected chi connectivity index (χ1v) is 5.64. The van der Waals surface area contributed by atoms with Gasteiger partial charge in [0, 0.05) is 23.4 Å². The lowest BCUT2D eigenvalue weighted by atomic mass is 10.0. The van der Waals surface area contributed by atoms with Crippen molar-refractivity contribution < 1.29 is 0 Å². The van der Waals surface area contributed by atoms with Crippen molar-refractivity contribution in [2.75, 3.05) is 13.1 Å². The average Bonchev–Trinajstić information content (AvgIpc) is 2.69. The average molecular weight is 212 g/mol. The summed E-state index contributed by atoms with van der Waals surface area (Å²) >= 11 is 0. The number of fused-ring (bicyclic) bond motifs is 1. The molecule has 0 spiro atoms. The molecule has 0 atom stereocenters. The summed E-state index contributed by atoms with van der Waals surface area (Å²) in [5.74, 6) is 0. The highest BCUT2D eigenvalue weighted by molar-refractivity contribution is 6.37. The zero-order valence-corrected chi connectivity index (χ0v) is 9.06. The Morgan fingerprint density at radius 2 is 2.19 bits per heavy atom. The molecule has 0 saturated carbocycles. The van der Waals surface area contributed by atoms with Crippen LogP contribution in [-0.4, -0.2) is 35.7 Å². The number of hydrogen-bond acceptors (Lipinski definition) is 3. The number of piperidine rings is 1. The molecule has 5 heteroatoms. The highest BCUT2D eigenvalue weighted by atomic mass is 15.3. The molecule has 2 aromatic heterocycles. The van der Waals surface area contributed by atoms with Gasteiger partial charge in [-0.25, -0.2) is 0 Å². The Hall–Kier alpha value is -1.36. The van der Waals surface area contributed by atoms with E-state index in [2.05, 4.69) is 20.1 Å². The first-order chi connectivity index (χ1) is 7.86. The minimum absolute atomic E-state index is 0.462. The standard InChI is InChI=1S/C11H13BN4/c12-11-9-7-14-6-3-10(9)16(15-11)8-1-4-13-5-2-8/h3,6-8,13H,1-2,4-5H2. The Labute approximate surface area is 95.5 Å². The van der Waals surface area contributed by atoms with Crippen LogP contribution in [0.5, 0.6) is 0 Å². The highest BCUT2D eigenvalue weighted by Crippen LogP contribution is 2.21. The fourth-order valence-electron chi connectivity index (χ4n) is 2.34. The second-order valence-electron chi connectivity index (χ2n) is 4.20. The van der Waals surface area contributed by atoms with E-state index in [1.807, 2.05) is 6.07 Å². The van der Waals surface area contributed by atoms with Crippen molar-refractivity contribution in [1.29, 1.82) is 0 Å². The van der Waals surface area contributed by atoms with Gasteiger partial charge in [0.1, 0.15) is 7.85 Å². The Balaban J connectivity index is 2.08. The maximum Gasteiger partial charge on any atom is 0.145 e. The van der Waals surface area contributed by atoms with Gasteiger partial charge in [-0.3, -0.25) is 9.67 Å². The van der Waals surface area contributed by atoms with Crippen LogP contribution in [0, 0.1) is 0 Å². The normalized spacial score (nSPS) is 18.0. The van der Waals surface area contributed by atoms with E-state index in [1.54, 1.807) is 12.4 Å². The van der Waals surface area contributed by atoms with E-state index in [1.165, 1.54) is 0 Å². The monoisotopic (exact) mass is 212 g/mol. The third-order valence-corrected chi connectivity index (χ3v) is 3.19. The van der Waals surface area contributed by atoms with E-state index >= 15 is 0 Å². The van der Waals surface area contributed by atoms with E-state index < -0.39 is 0 Å². The number of rotatable bonds is 1. The van der Waals surface area contributed by atoms with Gasteiger partial charge < -0.3 is 5.32 Å². The topological polar surface area (TPSA) is 42.7 Å². The molecule has 0 amide bonds. The van der Waals surface area contributed by atoms with Crippen molar-refractivity contribution in [3.05, 3.63) is 18.5 Å². The van der Waals surface area contributed by atoms with E-state index in [-0.39, 0.29) is 0 Å². The second-order valence-corrected chi connectivity index (χ2v) is 4.20. The molecular formula is C11H13BN4. The van der Waals surface area contributed by atoms with Gasteiger partial charge in [0.2, 0.25) is 0 Å². The van der Waals surface area contributed by atoms with Gasteiger partial charge in [-0.2, -0.15) is 5.10 Å². The number of aromatic nitrogens is 3. The van der Waals surface area contributed by atoms with Crippen LogP contribution in [0.4, 0.5) is 0 Å². The molecule has 1 N–H and O–H groups in total. The predicted molar refractivity (Wildman–Crippen MR) is 64.1 cm³/mol. The molecule has 80 valence electrons.